The van der Waals surface area contributed by atoms with Crippen molar-refractivity contribution >= 4 is 23.7 Å². The maximum Gasteiger partial charge on any atom is 0.331 e. The van der Waals surface area contributed by atoms with Crippen LogP contribution < -0.4 is 14.8 Å². The van der Waals surface area contributed by atoms with Gasteiger partial charge in [-0.2, -0.15) is 0 Å². The van der Waals surface area contributed by atoms with E-state index in [1.807, 2.05) is 12.1 Å². The molecule has 0 saturated heterocycles. The molecule has 1 amide bonds. The molecule has 0 aliphatic rings. The number of esters is 1. The highest BCUT2D eigenvalue weighted by molar-refractivity contribution is 5.99. The van der Waals surface area contributed by atoms with Crippen LogP contribution in [-0.4, -0.2) is 45.0 Å². The monoisotopic (exact) mass is 411 g/mol. The molecule has 1 N–H and O–H groups in total. The average Bonchev–Trinajstić information content (AvgIpc) is 2.76. The molecule has 0 saturated carbocycles. The second kappa shape index (κ2) is 11.4. The van der Waals surface area contributed by atoms with Crippen LogP contribution in [0.2, 0.25) is 0 Å². The number of amides is 1. The number of hydrogen-bond donors (Lipinski definition) is 1. The first-order valence-corrected chi connectivity index (χ1v) is 9.36. The van der Waals surface area contributed by atoms with E-state index in [4.69, 9.17) is 14.2 Å². The number of carbonyl (C=O) groups excluding carboxylic acids is 3. The van der Waals surface area contributed by atoms with Crippen LogP contribution in [0.4, 0.5) is 0 Å². The van der Waals surface area contributed by atoms with Crippen molar-refractivity contribution in [3.63, 3.8) is 0 Å². The van der Waals surface area contributed by atoms with Crippen LogP contribution in [-0.2, 0) is 20.7 Å². The fourth-order valence-electron chi connectivity index (χ4n) is 2.64. The van der Waals surface area contributed by atoms with Crippen molar-refractivity contribution in [2.45, 2.75) is 13.3 Å². The summed E-state index contributed by atoms with van der Waals surface area (Å²) in [6.07, 6.45) is 3.44. The van der Waals surface area contributed by atoms with E-state index in [1.165, 1.54) is 26.2 Å². The minimum absolute atomic E-state index is 0.0810. The third-order valence-corrected chi connectivity index (χ3v) is 4.24. The van der Waals surface area contributed by atoms with Gasteiger partial charge < -0.3 is 19.5 Å². The van der Waals surface area contributed by atoms with E-state index in [1.54, 1.807) is 37.4 Å². The Balaban J connectivity index is 1.88. The predicted molar refractivity (Wildman–Crippen MR) is 113 cm³/mol. The minimum atomic E-state index is -0.639. The quantitative estimate of drug-likeness (QED) is 0.367. The van der Waals surface area contributed by atoms with E-state index in [-0.39, 0.29) is 18.3 Å². The molecule has 30 heavy (non-hydrogen) atoms. The highest BCUT2D eigenvalue weighted by atomic mass is 16.5. The highest BCUT2D eigenvalue weighted by Gasteiger charge is 2.09. The molecular formula is C23H25NO6. The Labute approximate surface area is 175 Å². The molecule has 0 radical (unpaired) electrons. The zero-order valence-electron chi connectivity index (χ0n) is 17.3. The smallest absolute Gasteiger partial charge is 0.331 e. The van der Waals surface area contributed by atoms with Crippen molar-refractivity contribution in [2.75, 3.05) is 27.4 Å². The zero-order valence-corrected chi connectivity index (χ0v) is 17.3. The van der Waals surface area contributed by atoms with E-state index < -0.39 is 5.97 Å². The molecule has 158 valence electrons. The topological polar surface area (TPSA) is 90.9 Å². The van der Waals surface area contributed by atoms with Gasteiger partial charge in [0.05, 0.1) is 14.2 Å². The van der Waals surface area contributed by atoms with Gasteiger partial charge in [-0.25, -0.2) is 4.79 Å². The van der Waals surface area contributed by atoms with Crippen molar-refractivity contribution in [1.29, 1.82) is 0 Å². The van der Waals surface area contributed by atoms with Crippen molar-refractivity contribution in [3.8, 4) is 11.5 Å². The lowest BCUT2D eigenvalue weighted by atomic mass is 10.1. The van der Waals surface area contributed by atoms with Gasteiger partial charge in [-0.05, 0) is 36.3 Å². The maximum absolute atomic E-state index is 12.2. The molecule has 0 unspecified atom stereocenters. The standard InChI is InChI=1S/C23H25NO6/c1-16(25)24-13-12-17-4-6-18(7-5-17)21(26)15-30-23(27)11-8-19-14-20(28-2)9-10-22(19)29-3/h4-11,14H,12-13,15H2,1-3H3,(H,24,25)/b11-8+. The van der Waals surface area contributed by atoms with Crippen LogP contribution in [0, 0.1) is 0 Å². The molecule has 0 aliphatic carbocycles. The van der Waals surface area contributed by atoms with Crippen LogP contribution in [0.1, 0.15) is 28.4 Å². The molecule has 0 aliphatic heterocycles. The maximum atomic E-state index is 12.2. The molecule has 0 aromatic heterocycles. The molecule has 0 heterocycles. The first-order chi connectivity index (χ1) is 14.4. The first-order valence-electron chi connectivity index (χ1n) is 9.36. The first kappa shape index (κ1) is 22.7. The van der Waals surface area contributed by atoms with Crippen molar-refractivity contribution in [1.82, 2.24) is 5.32 Å². The summed E-state index contributed by atoms with van der Waals surface area (Å²) in [6, 6.07) is 12.2. The average molecular weight is 411 g/mol. The largest absolute Gasteiger partial charge is 0.497 e. The number of ketones is 1. The summed E-state index contributed by atoms with van der Waals surface area (Å²) in [4.78, 5) is 35.1. The molecule has 0 bridgehead atoms. The Kier molecular flexibility index (Phi) is 8.62. The van der Waals surface area contributed by atoms with Gasteiger partial charge in [-0.1, -0.05) is 24.3 Å². The normalized spacial score (nSPS) is 10.5. The molecule has 2 aromatic rings. The van der Waals surface area contributed by atoms with Crippen LogP contribution in [0.25, 0.3) is 6.08 Å². The second-order valence-corrected chi connectivity index (χ2v) is 6.40. The lowest BCUT2D eigenvalue weighted by molar-refractivity contribution is -0.136. The number of Topliss-reactive ketones (excluding diaryl/α,β-unsaturated/α-hetero) is 1. The fraction of sp³-hybridized carbons (Fsp3) is 0.261. The molecule has 0 spiro atoms. The van der Waals surface area contributed by atoms with Crippen molar-refractivity contribution in [2.24, 2.45) is 0 Å². The molecule has 2 aromatic carbocycles. The van der Waals surface area contributed by atoms with Gasteiger partial charge in [0.1, 0.15) is 11.5 Å². The number of rotatable bonds is 10. The van der Waals surface area contributed by atoms with E-state index >= 15 is 0 Å². The summed E-state index contributed by atoms with van der Waals surface area (Å²) in [5.74, 6) is 0.181. The SMILES string of the molecule is COc1ccc(OC)c(/C=C/C(=O)OCC(=O)c2ccc(CCNC(C)=O)cc2)c1. The van der Waals surface area contributed by atoms with E-state index in [9.17, 15) is 14.4 Å². The van der Waals surface area contributed by atoms with Crippen LogP contribution >= 0.6 is 0 Å². The third-order valence-electron chi connectivity index (χ3n) is 4.24. The number of benzene rings is 2. The lowest BCUT2D eigenvalue weighted by Gasteiger charge is -2.07. The van der Waals surface area contributed by atoms with Crippen LogP contribution in [0.15, 0.2) is 48.5 Å². The molecular weight excluding hydrogens is 386 g/mol. The lowest BCUT2D eigenvalue weighted by Crippen LogP contribution is -2.22. The van der Waals surface area contributed by atoms with Crippen molar-refractivity contribution < 1.29 is 28.6 Å². The van der Waals surface area contributed by atoms with Crippen LogP contribution in [0.5, 0.6) is 11.5 Å². The molecule has 2 rings (SSSR count). The Morgan fingerprint density at radius 3 is 2.37 bits per heavy atom. The Morgan fingerprint density at radius 2 is 1.73 bits per heavy atom. The molecule has 0 fully saturated rings. The summed E-state index contributed by atoms with van der Waals surface area (Å²) in [5.41, 5.74) is 2.09. The third kappa shape index (κ3) is 7.09. The van der Waals surface area contributed by atoms with Gasteiger partial charge in [0, 0.05) is 30.7 Å². The Bertz CT molecular complexity index is 918. The second-order valence-electron chi connectivity index (χ2n) is 6.40. The number of ether oxygens (including phenoxy) is 3. The van der Waals surface area contributed by atoms with Gasteiger partial charge >= 0.3 is 5.97 Å². The van der Waals surface area contributed by atoms with Gasteiger partial charge in [0.25, 0.3) is 0 Å². The highest BCUT2D eigenvalue weighted by Crippen LogP contribution is 2.25. The summed E-state index contributed by atoms with van der Waals surface area (Å²) in [7, 11) is 3.08. The Morgan fingerprint density at radius 1 is 1.00 bits per heavy atom. The number of hydrogen-bond acceptors (Lipinski definition) is 6. The predicted octanol–water partition coefficient (Wildman–Crippen LogP) is 2.82. The van der Waals surface area contributed by atoms with Crippen molar-refractivity contribution in [3.05, 3.63) is 65.2 Å². The molecule has 7 heteroatoms. The van der Waals surface area contributed by atoms with Gasteiger partial charge in [-0.3, -0.25) is 9.59 Å². The van der Waals surface area contributed by atoms with Crippen LogP contribution in [0.3, 0.4) is 0 Å². The number of carbonyl (C=O) groups is 3. The number of nitrogens with one attached hydrogen (secondary N) is 1. The van der Waals surface area contributed by atoms with E-state index in [0.29, 0.717) is 35.6 Å². The zero-order chi connectivity index (χ0) is 21.9. The van der Waals surface area contributed by atoms with Gasteiger partial charge in [-0.15, -0.1) is 0 Å². The summed E-state index contributed by atoms with van der Waals surface area (Å²) >= 11 is 0. The van der Waals surface area contributed by atoms with Gasteiger partial charge in [0.15, 0.2) is 12.4 Å². The fourth-order valence-corrected chi connectivity index (χ4v) is 2.64. The molecule has 0 atom stereocenters. The van der Waals surface area contributed by atoms with E-state index in [0.717, 1.165) is 5.56 Å². The van der Waals surface area contributed by atoms with Gasteiger partial charge in [0.2, 0.25) is 5.91 Å². The van der Waals surface area contributed by atoms with E-state index in [2.05, 4.69) is 5.32 Å². The Hall–Kier alpha value is -3.61. The minimum Gasteiger partial charge on any atom is -0.497 e. The summed E-state index contributed by atoms with van der Waals surface area (Å²) in [6.45, 7) is 1.64. The number of methoxy groups -OCH3 is 2. The molecule has 7 nitrogen and oxygen atoms in total. The summed E-state index contributed by atoms with van der Waals surface area (Å²) < 4.78 is 15.4. The summed E-state index contributed by atoms with van der Waals surface area (Å²) in [5, 5.41) is 2.72.